The summed E-state index contributed by atoms with van der Waals surface area (Å²) in [5.41, 5.74) is -0.0152. The fraction of sp³-hybridized carbons (Fsp3) is 0.125. The van der Waals surface area contributed by atoms with Gasteiger partial charge in [0, 0.05) is 6.42 Å². The van der Waals surface area contributed by atoms with Crippen LogP contribution in [0.5, 0.6) is 0 Å². The van der Waals surface area contributed by atoms with Gasteiger partial charge >= 0.3 is 6.03 Å². The summed E-state index contributed by atoms with van der Waals surface area (Å²) in [5, 5.41) is 2.79. The number of benzene rings is 3. The van der Waals surface area contributed by atoms with Gasteiger partial charge in [-0.05, 0) is 23.3 Å². The van der Waals surface area contributed by atoms with Crippen molar-refractivity contribution in [3.05, 3.63) is 107 Å². The van der Waals surface area contributed by atoms with Crippen molar-refractivity contribution in [1.82, 2.24) is 10.2 Å². The van der Waals surface area contributed by atoms with Crippen LogP contribution in [0.25, 0.3) is 0 Å². The molecule has 0 bridgehead atoms. The molecule has 1 fully saturated rings. The Morgan fingerprint density at radius 3 is 2.13 bits per heavy atom. The average Bonchev–Trinajstić information content (AvgIpc) is 3.00. The number of rotatable bonds is 6. The predicted molar refractivity (Wildman–Crippen MR) is 109 cm³/mol. The van der Waals surface area contributed by atoms with E-state index in [2.05, 4.69) is 5.32 Å². The number of Topliss-reactive ketones (excluding diaryl/α,β-unsaturated/α-hetero) is 1. The minimum atomic E-state index is -1.34. The summed E-state index contributed by atoms with van der Waals surface area (Å²) < 4.78 is 14.0. The third kappa shape index (κ3) is 3.48. The van der Waals surface area contributed by atoms with Crippen molar-refractivity contribution in [3.63, 3.8) is 0 Å². The number of imide groups is 1. The number of carbonyl (C=O) groups is 3. The summed E-state index contributed by atoms with van der Waals surface area (Å²) in [5.74, 6) is -1.86. The number of nitrogens with one attached hydrogen (secondary N) is 1. The van der Waals surface area contributed by atoms with Gasteiger partial charge in [0.05, 0.1) is 12.1 Å². The molecule has 5 nitrogen and oxygen atoms in total. The molecule has 4 rings (SSSR count). The first-order valence-corrected chi connectivity index (χ1v) is 9.52. The Balaban J connectivity index is 1.69. The number of hydrogen-bond donors (Lipinski definition) is 1. The number of hydrogen-bond acceptors (Lipinski definition) is 3. The van der Waals surface area contributed by atoms with E-state index >= 15 is 0 Å². The Morgan fingerprint density at radius 1 is 0.867 bits per heavy atom. The van der Waals surface area contributed by atoms with Gasteiger partial charge in [-0.25, -0.2) is 9.18 Å². The van der Waals surface area contributed by atoms with E-state index in [1.807, 2.05) is 36.4 Å². The average molecular weight is 402 g/mol. The Morgan fingerprint density at radius 2 is 1.47 bits per heavy atom. The molecule has 30 heavy (non-hydrogen) atoms. The normalized spacial score (nSPS) is 18.4. The Labute approximate surface area is 173 Å². The van der Waals surface area contributed by atoms with Crippen molar-refractivity contribution in [2.75, 3.05) is 6.54 Å². The molecular formula is C24H19FN2O3. The van der Waals surface area contributed by atoms with E-state index < -0.39 is 35.6 Å². The van der Waals surface area contributed by atoms with Crippen molar-refractivity contribution in [3.8, 4) is 0 Å². The van der Waals surface area contributed by atoms with Gasteiger partial charge in [0.15, 0.2) is 11.3 Å². The molecule has 150 valence electrons. The van der Waals surface area contributed by atoms with E-state index in [1.165, 1.54) is 24.3 Å². The zero-order valence-corrected chi connectivity index (χ0v) is 16.0. The molecule has 6 heteroatoms. The number of ketones is 1. The van der Waals surface area contributed by atoms with Gasteiger partial charge in [0.2, 0.25) is 0 Å². The predicted octanol–water partition coefficient (Wildman–Crippen LogP) is 3.70. The molecule has 3 aromatic rings. The van der Waals surface area contributed by atoms with E-state index in [4.69, 9.17) is 0 Å². The second-order valence-electron chi connectivity index (χ2n) is 7.16. The molecule has 1 atom stereocenters. The minimum absolute atomic E-state index is 0.154. The summed E-state index contributed by atoms with van der Waals surface area (Å²) in [6, 6.07) is 23.1. The number of amides is 3. The van der Waals surface area contributed by atoms with E-state index in [9.17, 15) is 18.8 Å². The zero-order valence-electron chi connectivity index (χ0n) is 16.0. The zero-order chi connectivity index (χ0) is 21.1. The molecule has 3 aromatic carbocycles. The van der Waals surface area contributed by atoms with Crippen LogP contribution in [-0.2, 0) is 16.8 Å². The first-order valence-electron chi connectivity index (χ1n) is 9.52. The van der Waals surface area contributed by atoms with Gasteiger partial charge in [-0.1, -0.05) is 72.8 Å². The fourth-order valence-electron chi connectivity index (χ4n) is 3.73. The van der Waals surface area contributed by atoms with E-state index in [0.717, 1.165) is 10.5 Å². The highest BCUT2D eigenvalue weighted by atomic mass is 19.1. The van der Waals surface area contributed by atoms with Gasteiger partial charge in [-0.2, -0.15) is 0 Å². The molecule has 0 unspecified atom stereocenters. The topological polar surface area (TPSA) is 66.5 Å². The van der Waals surface area contributed by atoms with Crippen molar-refractivity contribution < 1.29 is 18.8 Å². The monoisotopic (exact) mass is 402 g/mol. The molecule has 1 saturated heterocycles. The van der Waals surface area contributed by atoms with E-state index in [-0.39, 0.29) is 12.0 Å². The molecule has 1 aliphatic heterocycles. The minimum Gasteiger partial charge on any atom is -0.319 e. The molecular weight excluding hydrogens is 383 g/mol. The molecule has 1 N–H and O–H groups in total. The van der Waals surface area contributed by atoms with Crippen LogP contribution in [0.15, 0.2) is 84.9 Å². The Hall–Kier alpha value is -3.80. The maximum Gasteiger partial charge on any atom is 0.325 e. The fourth-order valence-corrected chi connectivity index (χ4v) is 3.73. The molecule has 0 aromatic heterocycles. The van der Waals surface area contributed by atoms with Crippen LogP contribution >= 0.6 is 0 Å². The SMILES string of the molecule is O=C(CN1C(=O)N[C@](Cc2ccccc2)(c2ccccc2)C1=O)c1ccccc1F. The van der Waals surface area contributed by atoms with Gasteiger partial charge in [-0.3, -0.25) is 14.5 Å². The van der Waals surface area contributed by atoms with Crippen LogP contribution in [0.1, 0.15) is 21.5 Å². The van der Waals surface area contributed by atoms with Crippen molar-refractivity contribution in [2.45, 2.75) is 12.0 Å². The van der Waals surface area contributed by atoms with Gasteiger partial charge in [0.25, 0.3) is 5.91 Å². The lowest BCUT2D eigenvalue weighted by Crippen LogP contribution is -2.46. The first-order chi connectivity index (χ1) is 14.5. The summed E-state index contributed by atoms with van der Waals surface area (Å²) in [6.07, 6.45) is 0.229. The lowest BCUT2D eigenvalue weighted by atomic mass is 9.83. The summed E-state index contributed by atoms with van der Waals surface area (Å²) in [7, 11) is 0. The van der Waals surface area contributed by atoms with E-state index in [1.54, 1.807) is 24.3 Å². The highest BCUT2D eigenvalue weighted by molar-refractivity contribution is 6.11. The third-order valence-corrected chi connectivity index (χ3v) is 5.23. The van der Waals surface area contributed by atoms with Crippen molar-refractivity contribution in [2.24, 2.45) is 0 Å². The Kier molecular flexibility index (Phi) is 5.14. The second-order valence-corrected chi connectivity index (χ2v) is 7.16. The van der Waals surface area contributed by atoms with Crippen LogP contribution < -0.4 is 5.32 Å². The molecule has 0 saturated carbocycles. The maximum atomic E-state index is 14.0. The van der Waals surface area contributed by atoms with Crippen molar-refractivity contribution >= 4 is 17.7 Å². The van der Waals surface area contributed by atoms with Crippen molar-refractivity contribution in [1.29, 1.82) is 0 Å². The smallest absolute Gasteiger partial charge is 0.319 e. The summed E-state index contributed by atoms with van der Waals surface area (Å²) in [6.45, 7) is -0.533. The van der Waals surface area contributed by atoms with Gasteiger partial charge in [0.1, 0.15) is 5.82 Å². The van der Waals surface area contributed by atoms with Crippen LogP contribution in [0.3, 0.4) is 0 Å². The lowest BCUT2D eigenvalue weighted by Gasteiger charge is -2.27. The summed E-state index contributed by atoms with van der Waals surface area (Å²) >= 11 is 0. The number of halogens is 1. The summed E-state index contributed by atoms with van der Waals surface area (Å²) in [4.78, 5) is 39.7. The number of urea groups is 1. The quantitative estimate of drug-likeness (QED) is 0.505. The van der Waals surface area contributed by atoms with Crippen LogP contribution in [0, 0.1) is 5.82 Å². The molecule has 1 heterocycles. The third-order valence-electron chi connectivity index (χ3n) is 5.23. The lowest BCUT2D eigenvalue weighted by molar-refractivity contribution is -0.131. The first kappa shape index (κ1) is 19.5. The highest BCUT2D eigenvalue weighted by Crippen LogP contribution is 2.33. The molecule has 3 amide bonds. The van der Waals surface area contributed by atoms with Crippen LogP contribution in [0.2, 0.25) is 0 Å². The molecule has 1 aliphatic rings. The molecule has 0 radical (unpaired) electrons. The van der Waals surface area contributed by atoms with E-state index in [0.29, 0.717) is 5.56 Å². The molecule has 0 spiro atoms. The largest absolute Gasteiger partial charge is 0.325 e. The van der Waals surface area contributed by atoms with Gasteiger partial charge in [-0.15, -0.1) is 0 Å². The van der Waals surface area contributed by atoms with Crippen LogP contribution in [-0.4, -0.2) is 29.2 Å². The van der Waals surface area contributed by atoms with Gasteiger partial charge < -0.3 is 5.32 Å². The maximum absolute atomic E-state index is 14.0. The van der Waals surface area contributed by atoms with Crippen LogP contribution in [0.4, 0.5) is 9.18 Å². The number of carbonyl (C=O) groups excluding carboxylic acids is 3. The second kappa shape index (κ2) is 7.91. The Bertz CT molecular complexity index is 1100. The highest BCUT2D eigenvalue weighted by Gasteiger charge is 2.52. The molecule has 0 aliphatic carbocycles. The number of nitrogens with zero attached hydrogens (tertiary/aromatic N) is 1. The standard InChI is InChI=1S/C24H19FN2O3/c25-20-14-8-7-13-19(20)21(28)16-27-22(29)24(26-23(27)30,18-11-5-2-6-12-18)15-17-9-3-1-4-10-17/h1-14H,15-16H2,(H,26,30)/t24-/m1/s1.